The minimum Gasteiger partial charge on any atom is -0.307 e. The Morgan fingerprint density at radius 3 is 2.84 bits per heavy atom. The van der Waals surface area contributed by atoms with Crippen molar-refractivity contribution in [1.82, 2.24) is 4.98 Å². The molecule has 1 aromatic heterocycles. The van der Waals surface area contributed by atoms with E-state index in [-0.39, 0.29) is 5.91 Å². The molecule has 6 heteroatoms. The normalized spacial score (nSPS) is 10.3. The van der Waals surface area contributed by atoms with Crippen molar-refractivity contribution in [3.05, 3.63) is 52.1 Å². The molecule has 0 bridgehead atoms. The van der Waals surface area contributed by atoms with E-state index in [9.17, 15) is 4.79 Å². The topological polar surface area (TPSA) is 78.8 Å². The number of hydrogen-bond acceptors (Lipinski definition) is 3. The van der Waals surface area contributed by atoms with Crippen LogP contribution in [0.25, 0.3) is 0 Å². The first kappa shape index (κ1) is 13.7. The highest BCUT2D eigenvalue weighted by Crippen LogP contribution is 2.17. The second kappa shape index (κ2) is 5.92. The molecule has 0 saturated heterocycles. The second-order valence-electron chi connectivity index (χ2n) is 3.97. The van der Waals surface area contributed by atoms with Gasteiger partial charge in [-0.2, -0.15) is 5.48 Å². The third-order valence-corrected chi connectivity index (χ3v) is 3.40. The summed E-state index contributed by atoms with van der Waals surface area (Å²) in [6.45, 7) is 1.85. The standard InChI is InChI=1S/C13H12BrN3O2/c1-8-11(14)5-6-12(15-8)16-13(18)9-3-2-4-10(7-9)17-19/h2-7,17,19H,1H3,(H,15,16,18)/p+1. The third-order valence-electron chi connectivity index (χ3n) is 2.56. The monoisotopic (exact) mass is 322 g/mol. The van der Waals surface area contributed by atoms with Gasteiger partial charge in [0, 0.05) is 22.2 Å². The minimum atomic E-state index is -0.266. The van der Waals surface area contributed by atoms with E-state index < -0.39 is 0 Å². The number of nitrogens with two attached hydrogens (primary N) is 1. The molecule has 2 rings (SSSR count). The van der Waals surface area contributed by atoms with Gasteiger partial charge in [0.05, 0.1) is 5.69 Å². The molecule has 98 valence electrons. The third kappa shape index (κ3) is 3.37. The molecule has 1 amide bonds. The van der Waals surface area contributed by atoms with Gasteiger partial charge in [0.2, 0.25) is 0 Å². The van der Waals surface area contributed by atoms with Crippen LogP contribution in [0, 0.1) is 6.92 Å². The molecule has 4 N–H and O–H groups in total. The highest BCUT2D eigenvalue weighted by Gasteiger charge is 2.09. The molecule has 0 aliphatic carbocycles. The number of nitrogens with zero attached hydrogens (tertiary/aromatic N) is 1. The summed E-state index contributed by atoms with van der Waals surface area (Å²) < 4.78 is 0.891. The van der Waals surface area contributed by atoms with Crippen molar-refractivity contribution in [2.75, 3.05) is 5.32 Å². The van der Waals surface area contributed by atoms with E-state index in [0.717, 1.165) is 15.6 Å². The second-order valence-corrected chi connectivity index (χ2v) is 4.83. The van der Waals surface area contributed by atoms with E-state index in [1.54, 1.807) is 30.3 Å². The predicted molar refractivity (Wildman–Crippen MR) is 74.4 cm³/mol. The number of benzene rings is 1. The van der Waals surface area contributed by atoms with Crippen LogP contribution in [0.15, 0.2) is 40.9 Å². The molecule has 0 saturated carbocycles. The Hall–Kier alpha value is -1.76. The summed E-state index contributed by atoms with van der Waals surface area (Å²) in [5.74, 6) is 0.224. The lowest BCUT2D eigenvalue weighted by Crippen LogP contribution is -2.73. The average Bonchev–Trinajstić information content (AvgIpc) is 2.43. The maximum absolute atomic E-state index is 12.0. The van der Waals surface area contributed by atoms with E-state index in [2.05, 4.69) is 26.2 Å². The number of pyridine rings is 1. The zero-order chi connectivity index (χ0) is 13.8. The van der Waals surface area contributed by atoms with Gasteiger partial charge < -0.3 is 5.32 Å². The van der Waals surface area contributed by atoms with Crippen LogP contribution in [0.3, 0.4) is 0 Å². The molecule has 0 aliphatic heterocycles. The van der Waals surface area contributed by atoms with E-state index in [0.29, 0.717) is 17.1 Å². The zero-order valence-corrected chi connectivity index (χ0v) is 11.8. The van der Waals surface area contributed by atoms with Crippen molar-refractivity contribution in [1.29, 1.82) is 0 Å². The van der Waals surface area contributed by atoms with Crippen molar-refractivity contribution in [3.8, 4) is 0 Å². The molecule has 0 fully saturated rings. The fourth-order valence-electron chi connectivity index (χ4n) is 1.56. The molecule has 0 aliphatic rings. The molecular formula is C13H13BrN3O2+. The number of rotatable bonds is 3. The van der Waals surface area contributed by atoms with Crippen molar-refractivity contribution in [2.45, 2.75) is 6.92 Å². The predicted octanol–water partition coefficient (Wildman–Crippen LogP) is 1.99. The molecule has 5 nitrogen and oxygen atoms in total. The highest BCUT2D eigenvalue weighted by molar-refractivity contribution is 9.10. The smallest absolute Gasteiger partial charge is 0.257 e. The molecule has 0 radical (unpaired) electrons. The summed E-state index contributed by atoms with van der Waals surface area (Å²) in [7, 11) is 0. The van der Waals surface area contributed by atoms with Crippen LogP contribution in [0.1, 0.15) is 16.1 Å². The van der Waals surface area contributed by atoms with Gasteiger partial charge in [-0.1, -0.05) is 6.07 Å². The van der Waals surface area contributed by atoms with Gasteiger partial charge in [0.25, 0.3) is 5.91 Å². The Morgan fingerprint density at radius 2 is 2.16 bits per heavy atom. The number of anilines is 1. The summed E-state index contributed by atoms with van der Waals surface area (Å²) in [4.78, 5) is 16.3. The summed E-state index contributed by atoms with van der Waals surface area (Å²) in [6, 6.07) is 10.2. The van der Waals surface area contributed by atoms with E-state index in [4.69, 9.17) is 5.21 Å². The minimum absolute atomic E-state index is 0.266. The molecule has 0 atom stereocenters. The van der Waals surface area contributed by atoms with E-state index in [1.807, 2.05) is 13.0 Å². The van der Waals surface area contributed by atoms with Crippen molar-refractivity contribution >= 4 is 33.3 Å². The number of carbonyl (C=O) groups excluding carboxylic acids is 1. The molecule has 0 spiro atoms. The van der Waals surface area contributed by atoms with E-state index in [1.165, 1.54) is 0 Å². The summed E-state index contributed by atoms with van der Waals surface area (Å²) in [5, 5.41) is 11.6. The van der Waals surface area contributed by atoms with Crippen molar-refractivity contribution < 1.29 is 15.5 Å². The van der Waals surface area contributed by atoms with Crippen LogP contribution in [0.2, 0.25) is 0 Å². The number of nitrogens with one attached hydrogen (secondary N) is 1. The Morgan fingerprint density at radius 1 is 1.37 bits per heavy atom. The largest absolute Gasteiger partial charge is 0.307 e. The van der Waals surface area contributed by atoms with Crippen LogP contribution >= 0.6 is 15.9 Å². The summed E-state index contributed by atoms with van der Waals surface area (Å²) in [6.07, 6.45) is 0. The van der Waals surface area contributed by atoms with E-state index >= 15 is 0 Å². The Labute approximate surface area is 118 Å². The van der Waals surface area contributed by atoms with Crippen LogP contribution in [0.5, 0.6) is 0 Å². The average molecular weight is 323 g/mol. The number of hydrogen-bond donors (Lipinski definition) is 3. The van der Waals surface area contributed by atoms with Crippen LogP contribution < -0.4 is 10.8 Å². The number of aryl methyl sites for hydroxylation is 1. The van der Waals surface area contributed by atoms with Gasteiger partial charge in [-0.15, -0.1) is 0 Å². The van der Waals surface area contributed by atoms with Gasteiger partial charge >= 0.3 is 0 Å². The number of carbonyl (C=O) groups is 1. The lowest BCUT2D eigenvalue weighted by Gasteiger charge is -2.06. The van der Waals surface area contributed by atoms with Crippen LogP contribution in [-0.4, -0.2) is 16.1 Å². The number of quaternary nitrogens is 1. The first-order valence-corrected chi connectivity index (χ1v) is 6.41. The van der Waals surface area contributed by atoms with Crippen LogP contribution in [-0.2, 0) is 0 Å². The number of aromatic nitrogens is 1. The Kier molecular flexibility index (Phi) is 4.26. The fraction of sp³-hybridized carbons (Fsp3) is 0.0769. The number of amides is 1. The van der Waals surface area contributed by atoms with Crippen molar-refractivity contribution in [2.24, 2.45) is 0 Å². The van der Waals surface area contributed by atoms with Crippen molar-refractivity contribution in [3.63, 3.8) is 0 Å². The van der Waals surface area contributed by atoms with Gasteiger partial charge in [-0.05, 0) is 41.1 Å². The lowest BCUT2D eigenvalue weighted by molar-refractivity contribution is -0.825. The SMILES string of the molecule is Cc1nc(NC(=O)c2cccc([NH2+]O)c2)ccc1Br. The van der Waals surface area contributed by atoms with Gasteiger partial charge in [-0.25, -0.2) is 10.2 Å². The summed E-state index contributed by atoms with van der Waals surface area (Å²) in [5.41, 5.74) is 2.80. The first-order chi connectivity index (χ1) is 9.10. The molecule has 1 aromatic carbocycles. The summed E-state index contributed by atoms with van der Waals surface area (Å²) >= 11 is 3.35. The number of halogens is 1. The Balaban J connectivity index is 2.18. The molecule has 2 aromatic rings. The fourth-order valence-corrected chi connectivity index (χ4v) is 1.78. The maximum Gasteiger partial charge on any atom is 0.257 e. The maximum atomic E-state index is 12.0. The van der Waals surface area contributed by atoms with Gasteiger partial charge in [-0.3, -0.25) is 4.79 Å². The van der Waals surface area contributed by atoms with Gasteiger partial charge in [0.1, 0.15) is 5.82 Å². The quantitative estimate of drug-likeness (QED) is 0.597. The molecule has 0 unspecified atom stereocenters. The molecule has 1 heterocycles. The molecular weight excluding hydrogens is 310 g/mol. The Bertz CT molecular complexity index is 617. The lowest BCUT2D eigenvalue weighted by atomic mass is 10.2. The first-order valence-electron chi connectivity index (χ1n) is 5.62. The van der Waals surface area contributed by atoms with Crippen LogP contribution in [0.4, 0.5) is 11.5 Å². The zero-order valence-electron chi connectivity index (χ0n) is 10.2. The highest BCUT2D eigenvalue weighted by atomic mass is 79.9. The van der Waals surface area contributed by atoms with Gasteiger partial charge in [0.15, 0.2) is 5.69 Å². The molecule has 19 heavy (non-hydrogen) atoms.